The van der Waals surface area contributed by atoms with Gasteiger partial charge in [-0.1, -0.05) is 60.7 Å². The molecule has 1 atom stereocenters. The van der Waals surface area contributed by atoms with Gasteiger partial charge in [0.2, 0.25) is 0 Å². The highest BCUT2D eigenvalue weighted by atomic mass is 15.1. The van der Waals surface area contributed by atoms with Gasteiger partial charge in [-0.05, 0) is 73.9 Å². The average molecular weight is 398 g/mol. The molecule has 2 aliphatic rings. The topological polar surface area (TPSA) is 21.1 Å². The van der Waals surface area contributed by atoms with E-state index in [0.29, 0.717) is 6.04 Å². The van der Waals surface area contributed by atoms with Crippen LogP contribution < -0.4 is 0 Å². The highest BCUT2D eigenvalue weighted by Gasteiger charge is 2.30. The summed E-state index contributed by atoms with van der Waals surface area (Å²) in [5.74, 6) is 0.835. The molecule has 0 N–H and O–H groups in total. The van der Waals surface area contributed by atoms with Gasteiger partial charge in [0.15, 0.2) is 0 Å². The summed E-state index contributed by atoms with van der Waals surface area (Å²) in [5, 5.41) is 0. The first kappa shape index (κ1) is 19.3. The minimum atomic E-state index is 0.423. The zero-order chi connectivity index (χ0) is 20.3. The molecule has 3 aromatic rings. The molecule has 154 valence electrons. The van der Waals surface area contributed by atoms with Crippen LogP contribution in [-0.2, 0) is 6.54 Å². The molecule has 3 heterocycles. The van der Waals surface area contributed by atoms with Crippen molar-refractivity contribution in [2.24, 2.45) is 5.92 Å². The molecule has 1 fully saturated rings. The van der Waals surface area contributed by atoms with Gasteiger partial charge in [-0.3, -0.25) is 4.90 Å². The molecule has 1 aromatic heterocycles. The van der Waals surface area contributed by atoms with Crippen molar-refractivity contribution in [1.82, 2.24) is 14.5 Å². The Hall–Kier alpha value is -2.65. The van der Waals surface area contributed by atoms with Crippen molar-refractivity contribution in [3.8, 4) is 0 Å². The fourth-order valence-corrected chi connectivity index (χ4v) is 5.35. The summed E-state index contributed by atoms with van der Waals surface area (Å²) >= 11 is 0. The van der Waals surface area contributed by atoms with Crippen LogP contribution in [0.5, 0.6) is 0 Å². The van der Waals surface area contributed by atoms with Gasteiger partial charge in [0.05, 0.1) is 24.3 Å². The molecule has 3 nitrogen and oxygen atoms in total. The van der Waals surface area contributed by atoms with Crippen LogP contribution >= 0.6 is 0 Å². The molecule has 0 bridgehead atoms. The van der Waals surface area contributed by atoms with E-state index in [4.69, 9.17) is 0 Å². The van der Waals surface area contributed by atoms with E-state index in [-0.39, 0.29) is 0 Å². The summed E-state index contributed by atoms with van der Waals surface area (Å²) in [6.45, 7) is 5.80. The monoisotopic (exact) mass is 397 g/mol. The SMILES string of the molecule is CC1=C(c2ccccc2)C(CCC2CCN(Cc3ccccc3)CC2)n2cncc21. The van der Waals surface area contributed by atoms with Gasteiger partial charge in [-0.25, -0.2) is 4.98 Å². The minimum Gasteiger partial charge on any atom is -0.323 e. The molecule has 0 radical (unpaired) electrons. The summed E-state index contributed by atoms with van der Waals surface area (Å²) in [5.41, 5.74) is 6.97. The maximum atomic E-state index is 4.44. The van der Waals surface area contributed by atoms with Gasteiger partial charge < -0.3 is 4.57 Å². The number of piperidine rings is 1. The second-order valence-electron chi connectivity index (χ2n) is 8.89. The Morgan fingerprint density at radius 2 is 1.60 bits per heavy atom. The van der Waals surface area contributed by atoms with Crippen LogP contribution in [0.1, 0.15) is 55.5 Å². The summed E-state index contributed by atoms with van der Waals surface area (Å²) in [4.78, 5) is 7.06. The van der Waals surface area contributed by atoms with Gasteiger partial charge >= 0.3 is 0 Å². The number of aromatic nitrogens is 2. The van der Waals surface area contributed by atoms with E-state index in [1.54, 1.807) is 0 Å². The largest absolute Gasteiger partial charge is 0.323 e. The molecule has 2 aliphatic heterocycles. The molecule has 5 rings (SSSR count). The molecule has 30 heavy (non-hydrogen) atoms. The third kappa shape index (κ3) is 3.87. The molecule has 2 aromatic carbocycles. The molecular weight excluding hydrogens is 366 g/mol. The Kier molecular flexibility index (Phi) is 5.54. The maximum Gasteiger partial charge on any atom is 0.0956 e. The summed E-state index contributed by atoms with van der Waals surface area (Å²) in [6.07, 6.45) is 9.20. The number of likely N-dealkylation sites (tertiary alicyclic amines) is 1. The van der Waals surface area contributed by atoms with Crippen LogP contribution in [0.25, 0.3) is 11.1 Å². The van der Waals surface area contributed by atoms with Crippen LogP contribution in [-0.4, -0.2) is 27.5 Å². The van der Waals surface area contributed by atoms with E-state index < -0.39 is 0 Å². The van der Waals surface area contributed by atoms with Crippen molar-refractivity contribution in [3.05, 3.63) is 90.0 Å². The fourth-order valence-electron chi connectivity index (χ4n) is 5.35. The number of hydrogen-bond donors (Lipinski definition) is 0. The second-order valence-corrected chi connectivity index (χ2v) is 8.89. The molecule has 0 spiro atoms. The molecule has 0 saturated carbocycles. The number of fused-ring (bicyclic) bond motifs is 1. The maximum absolute atomic E-state index is 4.44. The number of imidazole rings is 1. The standard InChI is InChI=1S/C27H31N3/c1-21-26-18-28-20-30(26)25(27(21)24-10-6-3-7-11-24)13-12-22-14-16-29(17-15-22)19-23-8-4-2-5-9-23/h2-11,18,20,22,25H,12-17,19H2,1H3. The normalized spacial score (nSPS) is 20.0. The smallest absolute Gasteiger partial charge is 0.0956 e. The van der Waals surface area contributed by atoms with E-state index in [0.717, 1.165) is 12.5 Å². The Bertz CT molecular complexity index is 995. The third-order valence-corrected chi connectivity index (χ3v) is 7.01. The average Bonchev–Trinajstić information content (AvgIpc) is 3.37. The van der Waals surface area contributed by atoms with Gasteiger partial charge in [0.25, 0.3) is 0 Å². The third-order valence-electron chi connectivity index (χ3n) is 7.01. The van der Waals surface area contributed by atoms with Crippen LogP contribution in [0.15, 0.2) is 73.2 Å². The first-order chi connectivity index (χ1) is 14.8. The molecular formula is C27H31N3. The molecule has 0 amide bonds. The first-order valence-corrected chi connectivity index (χ1v) is 11.3. The van der Waals surface area contributed by atoms with Crippen molar-refractivity contribution >= 4 is 11.1 Å². The van der Waals surface area contributed by atoms with Crippen LogP contribution in [0, 0.1) is 5.92 Å². The van der Waals surface area contributed by atoms with Crippen molar-refractivity contribution in [3.63, 3.8) is 0 Å². The van der Waals surface area contributed by atoms with Crippen molar-refractivity contribution in [2.75, 3.05) is 13.1 Å². The van der Waals surface area contributed by atoms with Crippen LogP contribution in [0.4, 0.5) is 0 Å². The van der Waals surface area contributed by atoms with Crippen molar-refractivity contribution in [1.29, 1.82) is 0 Å². The number of benzene rings is 2. The molecule has 1 unspecified atom stereocenters. The highest BCUT2D eigenvalue weighted by Crippen LogP contribution is 2.45. The molecule has 3 heteroatoms. The van der Waals surface area contributed by atoms with E-state index in [1.807, 2.05) is 12.5 Å². The second kappa shape index (κ2) is 8.61. The van der Waals surface area contributed by atoms with E-state index in [2.05, 4.69) is 82.0 Å². The highest BCUT2D eigenvalue weighted by molar-refractivity contribution is 5.93. The van der Waals surface area contributed by atoms with E-state index >= 15 is 0 Å². The Balaban J connectivity index is 1.22. The van der Waals surface area contributed by atoms with Gasteiger partial charge in [0.1, 0.15) is 0 Å². The van der Waals surface area contributed by atoms with Gasteiger partial charge in [-0.15, -0.1) is 0 Å². The summed E-state index contributed by atoms with van der Waals surface area (Å²) in [6, 6.07) is 22.2. The lowest BCUT2D eigenvalue weighted by molar-refractivity contribution is 0.169. The summed E-state index contributed by atoms with van der Waals surface area (Å²) < 4.78 is 2.40. The number of allylic oxidation sites excluding steroid dienone is 2. The van der Waals surface area contributed by atoms with Crippen molar-refractivity contribution in [2.45, 2.75) is 45.2 Å². The Labute approximate surface area is 180 Å². The molecule has 1 saturated heterocycles. The predicted octanol–water partition coefficient (Wildman–Crippen LogP) is 6.06. The summed E-state index contributed by atoms with van der Waals surface area (Å²) in [7, 11) is 0. The van der Waals surface area contributed by atoms with Crippen molar-refractivity contribution < 1.29 is 0 Å². The Morgan fingerprint density at radius 3 is 2.33 bits per heavy atom. The molecule has 0 aliphatic carbocycles. The lowest BCUT2D eigenvalue weighted by Crippen LogP contribution is -2.33. The Morgan fingerprint density at radius 1 is 0.900 bits per heavy atom. The lowest BCUT2D eigenvalue weighted by Gasteiger charge is -2.32. The minimum absolute atomic E-state index is 0.423. The first-order valence-electron chi connectivity index (χ1n) is 11.3. The van der Waals surface area contributed by atoms with Gasteiger partial charge in [0, 0.05) is 6.54 Å². The number of hydrogen-bond acceptors (Lipinski definition) is 2. The zero-order valence-electron chi connectivity index (χ0n) is 17.9. The number of nitrogens with zero attached hydrogens (tertiary/aromatic N) is 3. The van der Waals surface area contributed by atoms with E-state index in [9.17, 15) is 0 Å². The van der Waals surface area contributed by atoms with Gasteiger partial charge in [-0.2, -0.15) is 0 Å². The quantitative estimate of drug-likeness (QED) is 0.504. The zero-order valence-corrected chi connectivity index (χ0v) is 17.9. The lowest BCUT2D eigenvalue weighted by atomic mass is 9.87. The fraction of sp³-hybridized carbons (Fsp3) is 0.370. The van der Waals surface area contributed by atoms with E-state index in [1.165, 1.54) is 66.7 Å². The predicted molar refractivity (Wildman–Crippen MR) is 124 cm³/mol. The van der Waals surface area contributed by atoms with Crippen LogP contribution in [0.3, 0.4) is 0 Å². The van der Waals surface area contributed by atoms with Crippen LogP contribution in [0.2, 0.25) is 0 Å². The number of rotatable bonds is 6.